The third-order valence-electron chi connectivity index (χ3n) is 3.56. The minimum absolute atomic E-state index is 0.205. The summed E-state index contributed by atoms with van der Waals surface area (Å²) in [5, 5.41) is 3.82. The average Bonchev–Trinajstić information content (AvgIpc) is 2.43. The summed E-state index contributed by atoms with van der Waals surface area (Å²) >= 11 is 0. The molecule has 3 heteroatoms. The fourth-order valence-corrected chi connectivity index (χ4v) is 3.40. The zero-order valence-electron chi connectivity index (χ0n) is 12.6. The maximum Gasteiger partial charge on any atom is 0.0439 e. The van der Waals surface area contributed by atoms with Gasteiger partial charge in [-0.1, -0.05) is 45.0 Å². The molecule has 2 nitrogen and oxygen atoms in total. The van der Waals surface area contributed by atoms with Crippen LogP contribution in [0.25, 0.3) is 0 Å². The van der Waals surface area contributed by atoms with Crippen molar-refractivity contribution in [3.63, 3.8) is 0 Å². The first-order chi connectivity index (χ1) is 9.10. The smallest absolute Gasteiger partial charge is 0.0439 e. The van der Waals surface area contributed by atoms with E-state index in [2.05, 4.69) is 57.3 Å². The van der Waals surface area contributed by atoms with E-state index in [0.717, 1.165) is 19.4 Å². The molecule has 0 radical (unpaired) electrons. The minimum atomic E-state index is -0.770. The molecule has 3 atom stereocenters. The molecule has 1 aromatic carbocycles. The first-order valence-corrected chi connectivity index (χ1v) is 8.64. The molecule has 0 saturated heterocycles. The van der Waals surface area contributed by atoms with Crippen molar-refractivity contribution in [1.29, 1.82) is 0 Å². The van der Waals surface area contributed by atoms with Crippen LogP contribution in [0.15, 0.2) is 24.3 Å². The van der Waals surface area contributed by atoms with Crippen LogP contribution in [0.4, 0.5) is 0 Å². The highest BCUT2D eigenvalue weighted by Gasteiger charge is 2.18. The Morgan fingerprint density at radius 3 is 2.53 bits per heavy atom. The van der Waals surface area contributed by atoms with Crippen molar-refractivity contribution in [3.8, 4) is 0 Å². The van der Waals surface area contributed by atoms with Gasteiger partial charge in [0.05, 0.1) is 0 Å². The summed E-state index contributed by atoms with van der Waals surface area (Å²) in [5.74, 6) is 0.708. The second kappa shape index (κ2) is 8.49. The van der Waals surface area contributed by atoms with Crippen LogP contribution in [-0.4, -0.2) is 21.8 Å². The zero-order chi connectivity index (χ0) is 14.3. The van der Waals surface area contributed by atoms with Gasteiger partial charge in [-0.25, -0.2) is 0 Å². The van der Waals surface area contributed by atoms with Crippen LogP contribution in [0.1, 0.15) is 50.8 Å². The molecule has 108 valence electrons. The topological polar surface area (TPSA) is 29.1 Å². The molecule has 1 rings (SSSR count). The Bertz CT molecular complexity index is 405. The van der Waals surface area contributed by atoms with Crippen molar-refractivity contribution >= 4 is 10.8 Å². The highest BCUT2D eigenvalue weighted by molar-refractivity contribution is 7.85. The van der Waals surface area contributed by atoms with Crippen LogP contribution in [0.5, 0.6) is 0 Å². The van der Waals surface area contributed by atoms with Crippen LogP contribution in [0.3, 0.4) is 0 Å². The number of hydrogen-bond acceptors (Lipinski definition) is 2. The number of nitrogens with one attached hydrogen (secondary N) is 1. The SMILES string of the molecule is CCCNC(CS(=O)C(C)CC)c1ccccc1C. The van der Waals surface area contributed by atoms with Crippen LogP contribution in [-0.2, 0) is 10.8 Å². The molecule has 0 spiro atoms. The lowest BCUT2D eigenvalue weighted by atomic mass is 10.0. The fraction of sp³-hybridized carbons (Fsp3) is 0.625. The van der Waals surface area contributed by atoms with Crippen molar-refractivity contribution in [3.05, 3.63) is 35.4 Å². The second-order valence-corrected chi connectivity index (χ2v) is 7.03. The van der Waals surface area contributed by atoms with E-state index < -0.39 is 10.8 Å². The molecular weight excluding hydrogens is 254 g/mol. The third-order valence-corrected chi connectivity index (χ3v) is 5.45. The van der Waals surface area contributed by atoms with Crippen molar-refractivity contribution in [1.82, 2.24) is 5.32 Å². The maximum absolute atomic E-state index is 12.3. The van der Waals surface area contributed by atoms with E-state index in [4.69, 9.17) is 0 Å². The summed E-state index contributed by atoms with van der Waals surface area (Å²) in [6, 6.07) is 8.60. The van der Waals surface area contributed by atoms with Gasteiger partial charge >= 0.3 is 0 Å². The lowest BCUT2D eigenvalue weighted by Crippen LogP contribution is -2.30. The van der Waals surface area contributed by atoms with E-state index in [1.54, 1.807) is 0 Å². The Labute approximate surface area is 120 Å². The summed E-state index contributed by atoms with van der Waals surface area (Å²) in [6.45, 7) is 9.43. The number of benzene rings is 1. The van der Waals surface area contributed by atoms with Gasteiger partial charge in [0.25, 0.3) is 0 Å². The summed E-state index contributed by atoms with van der Waals surface area (Å²) in [6.07, 6.45) is 2.07. The highest BCUT2D eigenvalue weighted by Crippen LogP contribution is 2.20. The van der Waals surface area contributed by atoms with E-state index in [9.17, 15) is 4.21 Å². The van der Waals surface area contributed by atoms with E-state index in [1.165, 1.54) is 11.1 Å². The van der Waals surface area contributed by atoms with Crippen molar-refractivity contribution in [2.45, 2.75) is 51.8 Å². The Hall–Kier alpha value is -0.670. The van der Waals surface area contributed by atoms with Crippen molar-refractivity contribution in [2.75, 3.05) is 12.3 Å². The first-order valence-electron chi connectivity index (χ1n) is 7.26. The van der Waals surface area contributed by atoms with Crippen molar-refractivity contribution < 1.29 is 4.21 Å². The largest absolute Gasteiger partial charge is 0.309 e. The van der Waals surface area contributed by atoms with Gasteiger partial charge in [0, 0.05) is 27.8 Å². The Morgan fingerprint density at radius 2 is 1.95 bits per heavy atom. The van der Waals surface area contributed by atoms with Gasteiger partial charge in [0.1, 0.15) is 0 Å². The van der Waals surface area contributed by atoms with Crippen LogP contribution < -0.4 is 5.32 Å². The molecule has 0 aliphatic carbocycles. The Balaban J connectivity index is 2.83. The highest BCUT2D eigenvalue weighted by atomic mass is 32.2. The standard InChI is InChI=1S/C16H27NOS/c1-5-11-17-16(12-19(18)14(4)6-2)15-10-8-7-9-13(15)3/h7-10,14,16-17H,5-6,11-12H2,1-4H3. The predicted molar refractivity (Wildman–Crippen MR) is 85.0 cm³/mol. The van der Waals surface area contributed by atoms with E-state index in [0.29, 0.717) is 5.75 Å². The molecule has 0 fully saturated rings. The molecule has 19 heavy (non-hydrogen) atoms. The second-order valence-electron chi connectivity index (χ2n) is 5.13. The lowest BCUT2D eigenvalue weighted by Gasteiger charge is -2.22. The number of hydrogen-bond donors (Lipinski definition) is 1. The molecular formula is C16H27NOS. The molecule has 1 aromatic rings. The van der Waals surface area contributed by atoms with Crippen LogP contribution in [0.2, 0.25) is 0 Å². The van der Waals surface area contributed by atoms with Gasteiger partial charge in [-0.15, -0.1) is 0 Å². The van der Waals surface area contributed by atoms with E-state index in [1.807, 2.05) is 0 Å². The molecule has 0 bridgehead atoms. The van der Waals surface area contributed by atoms with E-state index >= 15 is 0 Å². The molecule has 0 aromatic heterocycles. The monoisotopic (exact) mass is 281 g/mol. The summed E-state index contributed by atoms with van der Waals surface area (Å²) in [4.78, 5) is 0. The molecule has 0 heterocycles. The average molecular weight is 281 g/mol. The van der Waals surface area contributed by atoms with Crippen molar-refractivity contribution in [2.24, 2.45) is 0 Å². The van der Waals surface area contributed by atoms with E-state index in [-0.39, 0.29) is 11.3 Å². The Kier molecular flexibility index (Phi) is 7.32. The number of aryl methyl sites for hydroxylation is 1. The molecule has 0 amide bonds. The van der Waals surface area contributed by atoms with Gasteiger partial charge in [-0.3, -0.25) is 4.21 Å². The van der Waals surface area contributed by atoms with Gasteiger partial charge in [0.15, 0.2) is 0 Å². The maximum atomic E-state index is 12.3. The van der Waals surface area contributed by atoms with Crippen LogP contribution in [0, 0.1) is 6.92 Å². The lowest BCUT2D eigenvalue weighted by molar-refractivity contribution is 0.565. The van der Waals surface area contributed by atoms with Crippen LogP contribution >= 0.6 is 0 Å². The molecule has 0 aliphatic heterocycles. The quantitative estimate of drug-likeness (QED) is 0.789. The summed E-state index contributed by atoms with van der Waals surface area (Å²) in [5.41, 5.74) is 2.56. The van der Waals surface area contributed by atoms with Gasteiger partial charge < -0.3 is 5.32 Å². The van der Waals surface area contributed by atoms with Gasteiger partial charge in [0.2, 0.25) is 0 Å². The predicted octanol–water partition coefficient (Wildman–Crippen LogP) is 3.58. The summed E-state index contributed by atoms with van der Waals surface area (Å²) in [7, 11) is -0.770. The number of rotatable bonds is 8. The first kappa shape index (κ1) is 16.4. The summed E-state index contributed by atoms with van der Waals surface area (Å²) < 4.78 is 12.3. The normalized spacial score (nSPS) is 16.0. The molecule has 3 unspecified atom stereocenters. The third kappa shape index (κ3) is 5.07. The zero-order valence-corrected chi connectivity index (χ0v) is 13.4. The van der Waals surface area contributed by atoms with Gasteiger partial charge in [-0.2, -0.15) is 0 Å². The minimum Gasteiger partial charge on any atom is -0.309 e. The fourth-order valence-electron chi connectivity index (χ4n) is 2.07. The molecule has 0 saturated carbocycles. The molecule has 1 N–H and O–H groups in total. The Morgan fingerprint density at radius 1 is 1.26 bits per heavy atom. The molecule has 0 aliphatic rings. The van der Waals surface area contributed by atoms with Gasteiger partial charge in [-0.05, 0) is 37.4 Å².